The van der Waals surface area contributed by atoms with Gasteiger partial charge in [0, 0.05) is 50.3 Å². The lowest BCUT2D eigenvalue weighted by Gasteiger charge is -2.41. The number of rotatable bonds is 5. The molecular weight excluding hydrogens is 447 g/mol. The van der Waals surface area contributed by atoms with Gasteiger partial charge in [-0.3, -0.25) is 4.79 Å². The van der Waals surface area contributed by atoms with Crippen molar-refractivity contribution in [1.29, 1.82) is 0 Å². The summed E-state index contributed by atoms with van der Waals surface area (Å²) in [5, 5.41) is 3.15. The number of amides is 1. The van der Waals surface area contributed by atoms with E-state index in [1.807, 2.05) is 4.90 Å². The predicted octanol–water partition coefficient (Wildman–Crippen LogP) is 2.62. The molecule has 1 atom stereocenters. The molecule has 1 amide bonds. The van der Waals surface area contributed by atoms with E-state index in [1.54, 1.807) is 11.1 Å². The van der Waals surface area contributed by atoms with E-state index in [-0.39, 0.29) is 29.7 Å². The topological polar surface area (TPSA) is 90.6 Å². The zero-order valence-electron chi connectivity index (χ0n) is 17.3. The molecule has 0 saturated carbocycles. The molecule has 32 heavy (non-hydrogen) atoms. The van der Waals surface area contributed by atoms with Gasteiger partial charge in [-0.2, -0.15) is 13.2 Å². The molecule has 0 bridgehead atoms. The van der Waals surface area contributed by atoms with Gasteiger partial charge < -0.3 is 10.6 Å². The number of nitrogens with two attached hydrogens (primary N) is 1. The molecule has 2 fully saturated rings. The number of nitrogens with zero attached hydrogens (tertiary/aromatic N) is 5. The Morgan fingerprint density at radius 1 is 1.12 bits per heavy atom. The monoisotopic (exact) mass is 471 g/mol. The highest BCUT2D eigenvalue weighted by molar-refractivity contribution is 5.94. The number of nitrogens with one attached hydrogen (secondary N) is 1. The Morgan fingerprint density at radius 2 is 1.84 bits per heavy atom. The zero-order valence-corrected chi connectivity index (χ0v) is 18.1. The van der Waals surface area contributed by atoms with Crippen molar-refractivity contribution >= 4 is 29.7 Å². The number of carbonyl (C=O) groups is 1. The molecule has 8 nitrogen and oxygen atoms in total. The first-order chi connectivity index (χ1) is 14.8. The number of carbonyl (C=O) groups excluding carboxylic acids is 1. The number of hydrazine groups is 2. The molecule has 1 aromatic carbocycles. The third kappa shape index (κ3) is 5.40. The number of benzene rings is 1. The molecule has 1 aromatic heterocycles. The molecule has 0 aliphatic carbocycles. The maximum atomic E-state index is 13.7. The average molecular weight is 472 g/mol. The lowest BCUT2D eigenvalue weighted by atomic mass is 10.1. The SMILES string of the molecule is Cl.N[C@H]1CCCN(N(NC(=O)c2cncnc2)c2cc(N3CCC3)cc(C(F)(F)F)c2)C1. The normalized spacial score (nSPS) is 19.0. The van der Waals surface area contributed by atoms with Gasteiger partial charge >= 0.3 is 6.18 Å². The molecule has 3 N–H and O–H groups in total. The lowest BCUT2D eigenvalue weighted by molar-refractivity contribution is -0.137. The molecule has 3 heterocycles. The van der Waals surface area contributed by atoms with Gasteiger partial charge in [0.25, 0.3) is 5.91 Å². The van der Waals surface area contributed by atoms with E-state index in [9.17, 15) is 18.0 Å². The molecule has 12 heteroatoms. The van der Waals surface area contributed by atoms with Crippen molar-refractivity contribution in [1.82, 2.24) is 20.4 Å². The Morgan fingerprint density at radius 3 is 2.44 bits per heavy atom. The molecule has 2 saturated heterocycles. The van der Waals surface area contributed by atoms with Crippen molar-refractivity contribution in [3.05, 3.63) is 48.0 Å². The number of anilines is 2. The third-order valence-electron chi connectivity index (χ3n) is 5.45. The maximum Gasteiger partial charge on any atom is 0.416 e. The summed E-state index contributed by atoms with van der Waals surface area (Å²) in [6, 6.07) is 3.71. The quantitative estimate of drug-likeness (QED) is 0.648. The van der Waals surface area contributed by atoms with Crippen LogP contribution >= 0.6 is 12.4 Å². The number of piperidine rings is 1. The zero-order chi connectivity index (χ0) is 22.0. The first kappa shape index (κ1) is 24.0. The molecule has 2 aromatic rings. The number of halogens is 4. The fourth-order valence-corrected chi connectivity index (χ4v) is 3.68. The van der Waals surface area contributed by atoms with Crippen LogP contribution in [0, 0.1) is 0 Å². The predicted molar refractivity (Wildman–Crippen MR) is 116 cm³/mol. The van der Waals surface area contributed by atoms with Crippen LogP contribution in [-0.2, 0) is 6.18 Å². The third-order valence-corrected chi connectivity index (χ3v) is 5.45. The Labute approximate surface area is 189 Å². The smallest absolute Gasteiger partial charge is 0.371 e. The van der Waals surface area contributed by atoms with Crippen LogP contribution < -0.4 is 21.2 Å². The lowest BCUT2D eigenvalue weighted by Crippen LogP contribution is -2.58. The highest BCUT2D eigenvalue weighted by Gasteiger charge is 2.34. The van der Waals surface area contributed by atoms with E-state index < -0.39 is 17.6 Å². The van der Waals surface area contributed by atoms with Crippen molar-refractivity contribution in [2.75, 3.05) is 36.2 Å². The second-order valence-electron chi connectivity index (χ2n) is 7.77. The molecule has 0 spiro atoms. The molecule has 0 unspecified atom stereocenters. The van der Waals surface area contributed by atoms with Crippen molar-refractivity contribution in [2.45, 2.75) is 31.5 Å². The van der Waals surface area contributed by atoms with Gasteiger partial charge in [0.1, 0.15) is 6.33 Å². The van der Waals surface area contributed by atoms with Gasteiger partial charge in [0.05, 0.1) is 16.8 Å². The van der Waals surface area contributed by atoms with E-state index in [0.717, 1.165) is 31.4 Å². The van der Waals surface area contributed by atoms with E-state index in [2.05, 4.69) is 15.4 Å². The first-order valence-electron chi connectivity index (χ1n) is 10.1. The Hall–Kier alpha value is -2.63. The van der Waals surface area contributed by atoms with Gasteiger partial charge in [-0.25, -0.2) is 25.5 Å². The van der Waals surface area contributed by atoms with E-state index >= 15 is 0 Å². The van der Waals surface area contributed by atoms with E-state index in [1.165, 1.54) is 23.8 Å². The van der Waals surface area contributed by atoms with Crippen LogP contribution in [0.1, 0.15) is 35.2 Å². The summed E-state index contributed by atoms with van der Waals surface area (Å²) >= 11 is 0. The molecule has 2 aliphatic heterocycles. The van der Waals surface area contributed by atoms with E-state index in [4.69, 9.17) is 5.73 Å². The Balaban J connectivity index is 0.00000289. The number of hydrogen-bond donors (Lipinski definition) is 2. The number of aromatic nitrogens is 2. The van der Waals surface area contributed by atoms with Gasteiger partial charge in [-0.1, -0.05) is 0 Å². The van der Waals surface area contributed by atoms with Crippen LogP contribution in [0.4, 0.5) is 24.5 Å². The largest absolute Gasteiger partial charge is 0.416 e. The second-order valence-corrected chi connectivity index (χ2v) is 7.77. The molecular formula is C20H25ClF3N7O. The minimum absolute atomic E-state index is 0. The molecule has 4 rings (SSSR count). The molecule has 2 aliphatic rings. The standard InChI is InChI=1S/C20H24F3N7O.ClH/c21-20(22,23)15-7-17(28-4-2-5-28)9-18(8-15)30(29-6-1-3-16(24)12-29)27-19(31)14-10-25-13-26-11-14;/h7-11,13,16H,1-6,12,24H2,(H,27,31);1H/t16-;/m0./s1. The molecule has 0 radical (unpaired) electrons. The van der Waals surface area contributed by atoms with Crippen LogP contribution in [0.5, 0.6) is 0 Å². The van der Waals surface area contributed by atoms with Crippen LogP contribution in [0.15, 0.2) is 36.9 Å². The average Bonchev–Trinajstić information content (AvgIpc) is 2.70. The highest BCUT2D eigenvalue weighted by Crippen LogP contribution is 2.37. The Kier molecular flexibility index (Phi) is 7.42. The summed E-state index contributed by atoms with van der Waals surface area (Å²) in [6.45, 7) is 2.35. The van der Waals surface area contributed by atoms with Crippen LogP contribution in [0.3, 0.4) is 0 Å². The summed E-state index contributed by atoms with van der Waals surface area (Å²) < 4.78 is 41.0. The van der Waals surface area contributed by atoms with Gasteiger partial charge in [0.2, 0.25) is 0 Å². The minimum Gasteiger partial charge on any atom is -0.371 e. The van der Waals surface area contributed by atoms with Crippen LogP contribution in [-0.4, -0.2) is 53.1 Å². The Bertz CT molecular complexity index is 927. The van der Waals surface area contributed by atoms with Crippen molar-refractivity contribution < 1.29 is 18.0 Å². The van der Waals surface area contributed by atoms with Gasteiger partial charge in [-0.05, 0) is 37.5 Å². The summed E-state index contributed by atoms with van der Waals surface area (Å²) in [5.41, 5.74) is 8.94. The van der Waals surface area contributed by atoms with Crippen LogP contribution in [0.2, 0.25) is 0 Å². The summed E-state index contributed by atoms with van der Waals surface area (Å²) in [5.74, 6) is -0.525. The summed E-state index contributed by atoms with van der Waals surface area (Å²) in [4.78, 5) is 22.3. The van der Waals surface area contributed by atoms with Crippen LogP contribution in [0.25, 0.3) is 0 Å². The molecule has 174 valence electrons. The fraction of sp³-hybridized carbons (Fsp3) is 0.450. The summed E-state index contributed by atoms with van der Waals surface area (Å²) in [6.07, 6.45) is 1.98. The van der Waals surface area contributed by atoms with E-state index in [0.29, 0.717) is 31.9 Å². The minimum atomic E-state index is -4.52. The maximum absolute atomic E-state index is 13.7. The number of hydrogen-bond acceptors (Lipinski definition) is 7. The second kappa shape index (κ2) is 9.88. The fourth-order valence-electron chi connectivity index (χ4n) is 3.68. The van der Waals surface area contributed by atoms with Gasteiger partial charge in [-0.15, -0.1) is 12.4 Å². The van der Waals surface area contributed by atoms with Crippen molar-refractivity contribution in [3.63, 3.8) is 0 Å². The van der Waals surface area contributed by atoms with Crippen molar-refractivity contribution in [3.8, 4) is 0 Å². The van der Waals surface area contributed by atoms with Crippen molar-refractivity contribution in [2.24, 2.45) is 5.73 Å². The van der Waals surface area contributed by atoms with Gasteiger partial charge in [0.15, 0.2) is 0 Å². The first-order valence-corrected chi connectivity index (χ1v) is 10.1. The number of alkyl halides is 3. The summed E-state index contributed by atoms with van der Waals surface area (Å²) in [7, 11) is 0. The highest BCUT2D eigenvalue weighted by atomic mass is 35.5.